The molecule has 3 rings (SSSR count). The largest absolute Gasteiger partial charge is 0.357 e. The van der Waals surface area contributed by atoms with Gasteiger partial charge >= 0.3 is 0 Å². The van der Waals surface area contributed by atoms with Crippen molar-refractivity contribution in [2.75, 3.05) is 36.9 Å². The molecule has 0 aliphatic heterocycles. The van der Waals surface area contributed by atoms with Crippen molar-refractivity contribution in [3.63, 3.8) is 0 Å². The number of amides is 1. The summed E-state index contributed by atoms with van der Waals surface area (Å²) >= 11 is 0. The van der Waals surface area contributed by atoms with E-state index in [9.17, 15) is 4.79 Å². The van der Waals surface area contributed by atoms with Gasteiger partial charge in [-0.05, 0) is 74.0 Å². The van der Waals surface area contributed by atoms with Crippen molar-refractivity contribution in [1.82, 2.24) is 19.9 Å². The number of aryl methyl sites for hydroxylation is 1. The highest BCUT2D eigenvalue weighted by molar-refractivity contribution is 5.94. The minimum Gasteiger partial charge on any atom is -0.357 e. The van der Waals surface area contributed by atoms with Gasteiger partial charge in [-0.1, -0.05) is 27.7 Å². The van der Waals surface area contributed by atoms with Crippen LogP contribution in [0.5, 0.6) is 0 Å². The van der Waals surface area contributed by atoms with E-state index in [1.165, 1.54) is 0 Å². The van der Waals surface area contributed by atoms with Crippen molar-refractivity contribution in [1.29, 1.82) is 0 Å². The van der Waals surface area contributed by atoms with E-state index in [1.807, 2.05) is 12.1 Å². The summed E-state index contributed by atoms with van der Waals surface area (Å²) in [6.07, 6.45) is 3.08. The molecule has 2 heterocycles. The molecule has 8 heteroatoms. The number of hydrogen-bond donors (Lipinski definition) is 3. The van der Waals surface area contributed by atoms with Gasteiger partial charge < -0.3 is 21.3 Å². The van der Waals surface area contributed by atoms with Crippen LogP contribution in [-0.2, 0) is 6.54 Å². The summed E-state index contributed by atoms with van der Waals surface area (Å²) in [6.45, 7) is 12.3. The van der Waals surface area contributed by atoms with Gasteiger partial charge in [0.2, 0.25) is 5.95 Å². The summed E-state index contributed by atoms with van der Waals surface area (Å²) in [7, 11) is 1.63. The lowest BCUT2D eigenvalue weighted by Gasteiger charge is -2.25. The number of nitrogens with two attached hydrogens (primary N) is 1. The molecule has 1 aromatic carbocycles. The van der Waals surface area contributed by atoms with E-state index in [1.54, 1.807) is 19.2 Å². The fourth-order valence-corrected chi connectivity index (χ4v) is 3.87. The Morgan fingerprint density at radius 2 is 1.66 bits per heavy atom. The van der Waals surface area contributed by atoms with Crippen molar-refractivity contribution < 1.29 is 4.79 Å². The molecule has 2 aromatic heterocycles. The fraction of sp³-hybridized carbons (Fsp3) is 0.519. The van der Waals surface area contributed by atoms with Crippen LogP contribution in [0.1, 0.15) is 57.3 Å². The maximum absolute atomic E-state index is 11.9. The van der Waals surface area contributed by atoms with Crippen LogP contribution >= 0.6 is 0 Å². The Balaban J connectivity index is 1.93. The van der Waals surface area contributed by atoms with Crippen molar-refractivity contribution >= 4 is 34.5 Å². The smallest absolute Gasteiger partial charge is 0.251 e. The second-order valence-electron chi connectivity index (χ2n) is 9.88. The molecule has 0 atom stereocenters. The van der Waals surface area contributed by atoms with E-state index >= 15 is 0 Å². The Hall–Kier alpha value is -3.13. The molecular weight excluding hydrogens is 438 g/mol. The highest BCUT2D eigenvalue weighted by Gasteiger charge is 2.16. The number of fused-ring (bicyclic) bond motifs is 1. The second-order valence-corrected chi connectivity index (χ2v) is 9.88. The number of hydrogen-bond acceptors (Lipinski definition) is 6. The summed E-state index contributed by atoms with van der Waals surface area (Å²) in [4.78, 5) is 24.2. The number of benzene rings is 1. The van der Waals surface area contributed by atoms with E-state index in [2.05, 4.69) is 59.9 Å². The van der Waals surface area contributed by atoms with Gasteiger partial charge in [-0.25, -0.2) is 9.97 Å². The van der Waals surface area contributed by atoms with Gasteiger partial charge in [0.05, 0.1) is 0 Å². The van der Waals surface area contributed by atoms with Gasteiger partial charge in [0.25, 0.3) is 5.91 Å². The maximum atomic E-state index is 11.9. The molecule has 4 N–H and O–H groups in total. The van der Waals surface area contributed by atoms with E-state index in [4.69, 9.17) is 15.7 Å². The summed E-state index contributed by atoms with van der Waals surface area (Å²) < 4.78 is 2.11. The zero-order chi connectivity index (χ0) is 25.4. The van der Waals surface area contributed by atoms with E-state index in [0.717, 1.165) is 67.5 Å². The molecular formula is C27H41N7O. The average molecular weight is 480 g/mol. The lowest BCUT2D eigenvalue weighted by Crippen LogP contribution is -2.28. The molecule has 1 amide bonds. The van der Waals surface area contributed by atoms with Gasteiger partial charge in [-0.2, -0.15) is 0 Å². The number of pyridine rings is 1. The minimum absolute atomic E-state index is 0.108. The van der Waals surface area contributed by atoms with Gasteiger partial charge in [0.15, 0.2) is 5.65 Å². The summed E-state index contributed by atoms with van der Waals surface area (Å²) in [5.41, 5.74) is 9.03. The number of nitrogens with zero attached hydrogens (tertiary/aromatic N) is 4. The highest BCUT2D eigenvalue weighted by atomic mass is 16.1. The quantitative estimate of drug-likeness (QED) is 0.326. The van der Waals surface area contributed by atoms with Crippen molar-refractivity contribution in [2.45, 2.75) is 53.5 Å². The Bertz CT molecular complexity index is 1080. The second kappa shape index (κ2) is 12.5. The van der Waals surface area contributed by atoms with E-state index in [-0.39, 0.29) is 5.91 Å². The third-order valence-corrected chi connectivity index (χ3v) is 6.07. The third-order valence-electron chi connectivity index (χ3n) is 6.07. The molecule has 0 spiro atoms. The first kappa shape index (κ1) is 26.5. The Morgan fingerprint density at radius 1 is 1.00 bits per heavy atom. The number of imidazole rings is 1. The molecule has 35 heavy (non-hydrogen) atoms. The first-order chi connectivity index (χ1) is 16.8. The molecule has 0 radical (unpaired) electrons. The topological polar surface area (TPSA) is 101 Å². The van der Waals surface area contributed by atoms with Crippen molar-refractivity contribution in [3.8, 4) is 0 Å². The lowest BCUT2D eigenvalue weighted by molar-refractivity contribution is 0.0963. The van der Waals surface area contributed by atoms with Gasteiger partial charge in [-0.3, -0.25) is 9.36 Å². The van der Waals surface area contributed by atoms with Crippen LogP contribution in [0.15, 0.2) is 36.4 Å². The number of carbonyl (C=O) groups is 1. The van der Waals surface area contributed by atoms with Gasteiger partial charge in [0, 0.05) is 37.9 Å². The summed E-state index contributed by atoms with van der Waals surface area (Å²) in [5, 5.41) is 6.05. The molecule has 0 aliphatic rings. The monoisotopic (exact) mass is 479 g/mol. The van der Waals surface area contributed by atoms with Crippen LogP contribution < -0.4 is 21.3 Å². The molecule has 3 aromatic rings. The van der Waals surface area contributed by atoms with Gasteiger partial charge in [-0.15, -0.1) is 0 Å². The van der Waals surface area contributed by atoms with Crippen molar-refractivity contribution in [2.24, 2.45) is 17.6 Å². The van der Waals surface area contributed by atoms with Crippen LogP contribution in [0.25, 0.3) is 11.2 Å². The maximum Gasteiger partial charge on any atom is 0.251 e. The lowest BCUT2D eigenvalue weighted by atomic mass is 10.1. The van der Waals surface area contributed by atoms with E-state index < -0.39 is 0 Å². The first-order valence-electron chi connectivity index (χ1n) is 12.7. The van der Waals surface area contributed by atoms with Crippen LogP contribution in [0.4, 0.5) is 17.5 Å². The predicted octanol–water partition coefficient (Wildman–Crippen LogP) is 4.78. The Morgan fingerprint density at radius 3 is 2.23 bits per heavy atom. The molecule has 0 unspecified atom stereocenters. The zero-order valence-corrected chi connectivity index (χ0v) is 21.8. The van der Waals surface area contributed by atoms with Crippen molar-refractivity contribution in [3.05, 3.63) is 42.0 Å². The third kappa shape index (κ3) is 7.18. The predicted molar refractivity (Wildman–Crippen MR) is 145 cm³/mol. The number of carbonyl (C=O) groups excluding carboxylic acids is 1. The Labute approximate surface area is 209 Å². The molecule has 0 saturated carbocycles. The summed E-state index contributed by atoms with van der Waals surface area (Å²) in [5.74, 6) is 2.89. The minimum atomic E-state index is -0.108. The standard InChI is InChI=1S/C27H41N7O/c1-19(2)13-17-33(18-14-20(3)4)24-12-11-23-25(32-24)34(16-6-15-28)27(31-23)30-22-9-7-21(8-10-22)26(35)29-5/h7-12,19-20H,6,13-18,28H2,1-5H3,(H,29,35)(H,30,31). The molecule has 0 fully saturated rings. The van der Waals surface area contributed by atoms with Crippen LogP contribution in [-0.4, -0.2) is 47.1 Å². The Kier molecular flexibility index (Phi) is 9.48. The average Bonchev–Trinajstić information content (AvgIpc) is 3.18. The molecule has 0 aliphatic carbocycles. The number of aromatic nitrogens is 3. The zero-order valence-electron chi connectivity index (χ0n) is 21.8. The molecule has 190 valence electrons. The van der Waals surface area contributed by atoms with Gasteiger partial charge in [0.1, 0.15) is 11.3 Å². The van der Waals surface area contributed by atoms with Crippen LogP contribution in [0, 0.1) is 11.8 Å². The first-order valence-corrected chi connectivity index (χ1v) is 12.7. The highest BCUT2D eigenvalue weighted by Crippen LogP contribution is 2.26. The fourth-order valence-electron chi connectivity index (χ4n) is 3.87. The normalized spacial score (nSPS) is 11.4. The van der Waals surface area contributed by atoms with E-state index in [0.29, 0.717) is 23.9 Å². The molecule has 0 saturated heterocycles. The molecule has 8 nitrogen and oxygen atoms in total. The number of rotatable bonds is 13. The number of anilines is 3. The summed E-state index contributed by atoms with van der Waals surface area (Å²) in [6, 6.07) is 11.5. The number of nitrogens with one attached hydrogen (secondary N) is 2. The molecule has 0 bridgehead atoms. The SMILES string of the molecule is CNC(=O)c1ccc(Nc2nc3ccc(N(CCC(C)C)CCC(C)C)nc3n2CCCN)cc1. The van der Waals surface area contributed by atoms with Crippen LogP contribution in [0.2, 0.25) is 0 Å². The van der Waals surface area contributed by atoms with Crippen LogP contribution in [0.3, 0.4) is 0 Å².